The van der Waals surface area contributed by atoms with E-state index in [1.54, 1.807) is 55.5 Å². The Morgan fingerprint density at radius 1 is 0.976 bits per heavy atom. The summed E-state index contributed by atoms with van der Waals surface area (Å²) in [6.07, 6.45) is 0.282. The molecule has 0 fully saturated rings. The van der Waals surface area contributed by atoms with Crippen LogP contribution < -0.4 is 14.4 Å². The molecule has 0 radical (unpaired) electrons. The second kappa shape index (κ2) is 13.6. The number of nitrogens with zero attached hydrogens (tertiary/aromatic N) is 2. The van der Waals surface area contributed by atoms with Crippen LogP contribution in [0.1, 0.15) is 39.7 Å². The number of ether oxygens (including phenoxy) is 1. The van der Waals surface area contributed by atoms with Crippen molar-refractivity contribution in [2.75, 3.05) is 18.0 Å². The molecule has 0 saturated heterocycles. The van der Waals surface area contributed by atoms with E-state index in [0.29, 0.717) is 10.6 Å². The minimum absolute atomic E-state index is 0.0134. The topological polar surface area (TPSA) is 96.0 Å². The Balaban J connectivity index is 2.14. The molecule has 0 aliphatic heterocycles. The lowest BCUT2D eigenvalue weighted by Gasteiger charge is -2.35. The van der Waals surface area contributed by atoms with E-state index in [2.05, 4.69) is 5.32 Å². The second-order valence-corrected chi connectivity index (χ2v) is 13.1. The van der Waals surface area contributed by atoms with Crippen LogP contribution in [-0.4, -0.2) is 50.4 Å². The van der Waals surface area contributed by atoms with Gasteiger partial charge >= 0.3 is 0 Å². The monoisotopic (exact) mass is 619 g/mol. The predicted molar refractivity (Wildman–Crippen MR) is 163 cm³/mol. The third kappa shape index (κ3) is 8.15. The van der Waals surface area contributed by atoms with Gasteiger partial charge in [-0.05, 0) is 69.2 Å². The number of amides is 2. The molecule has 0 aromatic heterocycles. The van der Waals surface area contributed by atoms with Gasteiger partial charge in [0.2, 0.25) is 11.8 Å². The Morgan fingerprint density at radius 2 is 1.61 bits per heavy atom. The van der Waals surface area contributed by atoms with Crippen molar-refractivity contribution in [1.82, 2.24) is 10.2 Å². The van der Waals surface area contributed by atoms with Gasteiger partial charge < -0.3 is 15.0 Å². The summed E-state index contributed by atoms with van der Waals surface area (Å²) in [7, 11) is -2.88. The van der Waals surface area contributed by atoms with Crippen molar-refractivity contribution >= 4 is 50.7 Å². The summed E-state index contributed by atoms with van der Waals surface area (Å²) in [6, 6.07) is 18.4. The fourth-order valence-corrected chi connectivity index (χ4v) is 6.07. The standard InChI is InChI=1S/C30H35Cl2N3O5S/c1-6-25(29(37)33-30(2,3)4)34(19-21-12-10-11-15-24(21)32)28(36)20-35(26-18-22(31)16-17-27(26)40-5)41(38,39)23-13-8-7-9-14-23/h7-18,25H,6,19-20H2,1-5H3,(H,33,37)/t25-/m1/s1. The van der Waals surface area contributed by atoms with Crippen LogP contribution in [0.25, 0.3) is 0 Å². The second-order valence-electron chi connectivity index (χ2n) is 10.4. The molecule has 2 amide bonds. The molecule has 3 aromatic rings. The molecule has 8 nitrogen and oxygen atoms in total. The number of methoxy groups -OCH3 is 1. The van der Waals surface area contributed by atoms with Gasteiger partial charge in [-0.1, -0.05) is 66.5 Å². The fourth-order valence-electron chi connectivity index (χ4n) is 4.27. The van der Waals surface area contributed by atoms with Crippen LogP contribution in [0.3, 0.4) is 0 Å². The normalized spacial score (nSPS) is 12.4. The molecule has 0 bridgehead atoms. The zero-order valence-electron chi connectivity index (χ0n) is 23.7. The number of carbonyl (C=O) groups excluding carboxylic acids is 2. The van der Waals surface area contributed by atoms with Gasteiger partial charge in [-0.3, -0.25) is 13.9 Å². The lowest BCUT2D eigenvalue weighted by atomic mass is 10.1. The van der Waals surface area contributed by atoms with Crippen LogP contribution in [0.15, 0.2) is 77.7 Å². The average Bonchev–Trinajstić information content (AvgIpc) is 2.92. The molecular formula is C30H35Cl2N3O5S. The largest absolute Gasteiger partial charge is 0.495 e. The summed E-state index contributed by atoms with van der Waals surface area (Å²) in [5.41, 5.74) is 0.143. The van der Waals surface area contributed by atoms with Crippen molar-refractivity contribution in [3.05, 3.63) is 88.4 Å². The highest BCUT2D eigenvalue weighted by Crippen LogP contribution is 2.35. The molecule has 0 unspecified atom stereocenters. The Labute approximate surface area is 252 Å². The van der Waals surface area contributed by atoms with Crippen LogP contribution in [-0.2, 0) is 26.2 Å². The molecule has 0 aliphatic carbocycles. The van der Waals surface area contributed by atoms with Gasteiger partial charge in [0.25, 0.3) is 10.0 Å². The van der Waals surface area contributed by atoms with Crippen molar-refractivity contribution in [1.29, 1.82) is 0 Å². The first-order valence-corrected chi connectivity index (χ1v) is 15.2. The van der Waals surface area contributed by atoms with E-state index in [9.17, 15) is 18.0 Å². The van der Waals surface area contributed by atoms with E-state index in [0.717, 1.165) is 4.31 Å². The number of benzene rings is 3. The highest BCUT2D eigenvalue weighted by molar-refractivity contribution is 7.92. The fraction of sp³-hybridized carbons (Fsp3) is 0.333. The number of hydrogen-bond acceptors (Lipinski definition) is 5. The smallest absolute Gasteiger partial charge is 0.264 e. The first kappa shape index (κ1) is 32.2. The first-order chi connectivity index (χ1) is 19.3. The highest BCUT2D eigenvalue weighted by Gasteiger charge is 2.35. The number of carbonyl (C=O) groups is 2. The minimum Gasteiger partial charge on any atom is -0.495 e. The van der Waals surface area contributed by atoms with E-state index >= 15 is 0 Å². The zero-order valence-corrected chi connectivity index (χ0v) is 26.1. The van der Waals surface area contributed by atoms with Gasteiger partial charge in [-0.25, -0.2) is 8.42 Å². The van der Waals surface area contributed by atoms with Crippen LogP contribution in [0.2, 0.25) is 10.0 Å². The van der Waals surface area contributed by atoms with Crippen LogP contribution in [0, 0.1) is 0 Å². The van der Waals surface area contributed by atoms with E-state index < -0.39 is 34.1 Å². The molecule has 3 aromatic carbocycles. The van der Waals surface area contributed by atoms with Gasteiger partial charge in [0, 0.05) is 22.1 Å². The third-order valence-corrected chi connectivity index (χ3v) is 8.58. The predicted octanol–water partition coefficient (Wildman–Crippen LogP) is 5.92. The molecule has 1 N–H and O–H groups in total. The van der Waals surface area contributed by atoms with Crippen molar-refractivity contribution < 1.29 is 22.7 Å². The van der Waals surface area contributed by atoms with Crippen molar-refractivity contribution in [3.63, 3.8) is 0 Å². The maximum Gasteiger partial charge on any atom is 0.264 e. The summed E-state index contributed by atoms with van der Waals surface area (Å²) in [6.45, 7) is 6.68. The molecule has 41 heavy (non-hydrogen) atoms. The number of halogens is 2. The Kier molecular flexibility index (Phi) is 10.7. The lowest BCUT2D eigenvalue weighted by Crippen LogP contribution is -2.55. The SMILES string of the molecule is CC[C@H](C(=O)NC(C)(C)C)N(Cc1ccccc1Cl)C(=O)CN(c1cc(Cl)ccc1OC)S(=O)(=O)c1ccccc1. The minimum atomic E-state index is -4.27. The molecule has 0 spiro atoms. The molecule has 1 atom stereocenters. The quantitative estimate of drug-likeness (QED) is 0.287. The molecule has 3 rings (SSSR count). The first-order valence-electron chi connectivity index (χ1n) is 13.0. The molecular weight excluding hydrogens is 585 g/mol. The van der Waals surface area contributed by atoms with E-state index in [1.165, 1.54) is 36.3 Å². The van der Waals surface area contributed by atoms with Crippen molar-refractivity contribution in [2.45, 2.75) is 57.1 Å². The number of hydrogen-bond donors (Lipinski definition) is 1. The third-order valence-electron chi connectivity index (χ3n) is 6.20. The van der Waals surface area contributed by atoms with E-state index in [4.69, 9.17) is 27.9 Å². The lowest BCUT2D eigenvalue weighted by molar-refractivity contribution is -0.141. The number of anilines is 1. The van der Waals surface area contributed by atoms with Crippen molar-refractivity contribution in [3.8, 4) is 5.75 Å². The van der Waals surface area contributed by atoms with Gasteiger partial charge in [0.05, 0.1) is 17.7 Å². The Bertz CT molecular complexity index is 1480. The Morgan fingerprint density at radius 3 is 2.20 bits per heavy atom. The summed E-state index contributed by atoms with van der Waals surface area (Å²) < 4.78 is 34.4. The maximum absolute atomic E-state index is 14.2. The van der Waals surface area contributed by atoms with Crippen molar-refractivity contribution in [2.24, 2.45) is 0 Å². The van der Waals surface area contributed by atoms with Crippen LogP contribution >= 0.6 is 23.2 Å². The molecule has 11 heteroatoms. The molecule has 0 aliphatic rings. The van der Waals surface area contributed by atoms with E-state index in [-0.39, 0.29) is 40.2 Å². The number of rotatable bonds is 11. The van der Waals surface area contributed by atoms with Crippen LogP contribution in [0.4, 0.5) is 5.69 Å². The summed E-state index contributed by atoms with van der Waals surface area (Å²) in [5, 5.41) is 3.61. The van der Waals surface area contributed by atoms with Gasteiger partial charge in [0.15, 0.2) is 0 Å². The number of nitrogens with one attached hydrogen (secondary N) is 1. The van der Waals surface area contributed by atoms with E-state index in [1.807, 2.05) is 20.8 Å². The number of sulfonamides is 1. The zero-order chi connectivity index (χ0) is 30.4. The maximum atomic E-state index is 14.2. The van der Waals surface area contributed by atoms with Crippen LogP contribution in [0.5, 0.6) is 5.75 Å². The summed E-state index contributed by atoms with van der Waals surface area (Å²) in [5.74, 6) is -0.766. The van der Waals surface area contributed by atoms with Gasteiger partial charge in [0.1, 0.15) is 18.3 Å². The Hall–Kier alpha value is -3.27. The highest BCUT2D eigenvalue weighted by atomic mass is 35.5. The average molecular weight is 621 g/mol. The van der Waals surface area contributed by atoms with Gasteiger partial charge in [-0.15, -0.1) is 0 Å². The van der Waals surface area contributed by atoms with Gasteiger partial charge in [-0.2, -0.15) is 0 Å². The summed E-state index contributed by atoms with van der Waals surface area (Å²) in [4.78, 5) is 29.0. The molecule has 0 saturated carbocycles. The summed E-state index contributed by atoms with van der Waals surface area (Å²) >= 11 is 12.7. The molecule has 220 valence electrons. The molecule has 0 heterocycles.